The Morgan fingerprint density at radius 1 is 1.23 bits per heavy atom. The summed E-state index contributed by atoms with van der Waals surface area (Å²) in [6, 6.07) is 14.7. The number of likely N-dealkylation sites (tertiary alicyclic amines) is 1. The number of thiophene rings is 1. The van der Waals surface area contributed by atoms with Crippen LogP contribution in [0, 0.1) is 0 Å². The first kappa shape index (κ1) is 19.2. The van der Waals surface area contributed by atoms with Gasteiger partial charge in [-0.3, -0.25) is 4.90 Å². The van der Waals surface area contributed by atoms with Crippen molar-refractivity contribution in [2.45, 2.75) is 38.9 Å². The number of halogens is 1. The summed E-state index contributed by atoms with van der Waals surface area (Å²) in [7, 11) is 0. The van der Waals surface area contributed by atoms with Crippen LogP contribution in [0.25, 0.3) is 0 Å². The first-order chi connectivity index (χ1) is 12.6. The average molecular weight is 392 g/mol. The molecule has 0 atom stereocenters. The zero-order chi connectivity index (χ0) is 18.4. The fourth-order valence-corrected chi connectivity index (χ4v) is 4.40. The van der Waals surface area contributed by atoms with Gasteiger partial charge in [0.25, 0.3) is 0 Å². The zero-order valence-corrected chi connectivity index (χ0v) is 16.7. The zero-order valence-electron chi connectivity index (χ0n) is 15.2. The van der Waals surface area contributed by atoms with Gasteiger partial charge in [0, 0.05) is 37.1 Å². The van der Waals surface area contributed by atoms with Gasteiger partial charge in [0.1, 0.15) is 0 Å². The van der Waals surface area contributed by atoms with E-state index in [4.69, 9.17) is 11.6 Å². The molecule has 0 radical (unpaired) electrons. The summed E-state index contributed by atoms with van der Waals surface area (Å²) in [6.45, 7) is 6.35. The van der Waals surface area contributed by atoms with Crippen molar-refractivity contribution in [3.05, 3.63) is 57.2 Å². The van der Waals surface area contributed by atoms with Crippen LogP contribution in [0.5, 0.6) is 0 Å². The van der Waals surface area contributed by atoms with Crippen LogP contribution in [0.4, 0.5) is 4.79 Å². The first-order valence-electron chi connectivity index (χ1n) is 9.20. The minimum atomic E-state index is 0.0264. The van der Waals surface area contributed by atoms with Gasteiger partial charge in [0.2, 0.25) is 0 Å². The molecule has 1 aromatic heterocycles. The van der Waals surface area contributed by atoms with E-state index in [-0.39, 0.29) is 12.1 Å². The Balaban J connectivity index is 1.44. The van der Waals surface area contributed by atoms with Crippen molar-refractivity contribution in [3.63, 3.8) is 0 Å². The lowest BCUT2D eigenvalue weighted by molar-refractivity contribution is 0.169. The third-order valence-corrected chi connectivity index (χ3v) is 6.02. The second-order valence-electron chi connectivity index (χ2n) is 6.71. The lowest BCUT2D eigenvalue weighted by atomic mass is 10.0. The fourth-order valence-electron chi connectivity index (χ4n) is 3.29. The van der Waals surface area contributed by atoms with E-state index in [9.17, 15) is 4.79 Å². The molecule has 0 bridgehead atoms. The quantitative estimate of drug-likeness (QED) is 0.781. The van der Waals surface area contributed by atoms with Gasteiger partial charge < -0.3 is 10.2 Å². The van der Waals surface area contributed by atoms with Gasteiger partial charge in [-0.15, -0.1) is 11.3 Å². The van der Waals surface area contributed by atoms with Gasteiger partial charge >= 0.3 is 6.03 Å². The van der Waals surface area contributed by atoms with Crippen LogP contribution in [0.15, 0.2) is 42.5 Å². The first-order valence-corrected chi connectivity index (χ1v) is 10.4. The molecule has 2 aromatic rings. The van der Waals surface area contributed by atoms with Gasteiger partial charge in [-0.1, -0.05) is 41.9 Å². The summed E-state index contributed by atoms with van der Waals surface area (Å²) in [4.78, 5) is 18.0. The highest BCUT2D eigenvalue weighted by Crippen LogP contribution is 2.23. The minimum absolute atomic E-state index is 0.0264. The molecule has 1 aromatic carbocycles. The number of rotatable bonds is 6. The monoisotopic (exact) mass is 391 g/mol. The molecule has 1 saturated heterocycles. The molecule has 4 nitrogen and oxygen atoms in total. The van der Waals surface area contributed by atoms with E-state index >= 15 is 0 Å². The molecule has 1 aliphatic heterocycles. The van der Waals surface area contributed by atoms with Gasteiger partial charge in [0.15, 0.2) is 0 Å². The predicted molar refractivity (Wildman–Crippen MR) is 109 cm³/mol. The Morgan fingerprint density at radius 3 is 2.58 bits per heavy atom. The van der Waals surface area contributed by atoms with Crippen LogP contribution in [-0.4, -0.2) is 41.5 Å². The maximum Gasteiger partial charge on any atom is 0.317 e. The van der Waals surface area contributed by atoms with E-state index in [0.717, 1.165) is 41.7 Å². The van der Waals surface area contributed by atoms with Crippen molar-refractivity contribution in [1.82, 2.24) is 15.1 Å². The number of carbonyl (C=O) groups is 1. The number of nitrogens with zero attached hydrogens (tertiary/aromatic N) is 2. The number of benzene rings is 1. The molecule has 1 N–H and O–H groups in total. The standard InChI is InChI=1S/C20H26ClN3OS/c1-2-24(15-18-8-9-19(21)26-18)20(25)22-17-10-12-23(13-11-17)14-16-6-4-3-5-7-16/h3-9,17H,2,10-15H2,1H3,(H,22,25). The van der Waals surface area contributed by atoms with E-state index in [0.29, 0.717) is 13.1 Å². The van der Waals surface area contributed by atoms with Crippen molar-refractivity contribution in [3.8, 4) is 0 Å². The number of carbonyl (C=O) groups excluding carboxylic acids is 1. The van der Waals surface area contributed by atoms with E-state index in [1.807, 2.05) is 24.0 Å². The second-order valence-corrected chi connectivity index (χ2v) is 8.51. The molecular formula is C20H26ClN3OS. The van der Waals surface area contributed by atoms with Crippen molar-refractivity contribution < 1.29 is 4.79 Å². The van der Waals surface area contributed by atoms with E-state index < -0.39 is 0 Å². The lowest BCUT2D eigenvalue weighted by Gasteiger charge is -2.33. The lowest BCUT2D eigenvalue weighted by Crippen LogP contribution is -2.48. The van der Waals surface area contributed by atoms with Crippen LogP contribution in [-0.2, 0) is 13.1 Å². The van der Waals surface area contributed by atoms with Gasteiger partial charge in [0.05, 0.1) is 10.9 Å². The molecule has 0 aliphatic carbocycles. The molecule has 26 heavy (non-hydrogen) atoms. The third kappa shape index (κ3) is 5.47. The minimum Gasteiger partial charge on any atom is -0.335 e. The van der Waals surface area contributed by atoms with Crippen LogP contribution in [0.2, 0.25) is 4.34 Å². The highest BCUT2D eigenvalue weighted by Gasteiger charge is 2.22. The molecule has 2 heterocycles. The number of piperidine rings is 1. The highest BCUT2D eigenvalue weighted by atomic mass is 35.5. The highest BCUT2D eigenvalue weighted by molar-refractivity contribution is 7.16. The molecule has 3 rings (SSSR count). The number of hydrogen-bond acceptors (Lipinski definition) is 3. The largest absolute Gasteiger partial charge is 0.335 e. The van der Waals surface area contributed by atoms with Crippen molar-refractivity contribution in [1.29, 1.82) is 0 Å². The van der Waals surface area contributed by atoms with Gasteiger partial charge in [-0.2, -0.15) is 0 Å². The normalized spacial score (nSPS) is 15.8. The van der Waals surface area contributed by atoms with Crippen LogP contribution < -0.4 is 5.32 Å². The summed E-state index contributed by atoms with van der Waals surface area (Å²) in [5, 5.41) is 3.21. The Bertz CT molecular complexity index is 698. The number of nitrogens with one attached hydrogen (secondary N) is 1. The molecule has 6 heteroatoms. The van der Waals surface area contributed by atoms with E-state index in [1.54, 1.807) is 0 Å². The van der Waals surface area contributed by atoms with Crippen molar-refractivity contribution >= 4 is 29.0 Å². The number of urea groups is 1. The van der Waals surface area contributed by atoms with Crippen LogP contribution >= 0.6 is 22.9 Å². The number of hydrogen-bond donors (Lipinski definition) is 1. The molecule has 140 valence electrons. The summed E-state index contributed by atoms with van der Waals surface area (Å²) in [5.41, 5.74) is 1.35. The van der Waals surface area contributed by atoms with Crippen molar-refractivity contribution in [2.24, 2.45) is 0 Å². The molecule has 1 fully saturated rings. The summed E-state index contributed by atoms with van der Waals surface area (Å²) in [6.07, 6.45) is 2.00. The summed E-state index contributed by atoms with van der Waals surface area (Å²) >= 11 is 7.52. The van der Waals surface area contributed by atoms with Gasteiger partial charge in [-0.25, -0.2) is 4.79 Å². The Morgan fingerprint density at radius 2 is 1.96 bits per heavy atom. The Labute approximate surface area is 164 Å². The van der Waals surface area contributed by atoms with Crippen LogP contribution in [0.3, 0.4) is 0 Å². The van der Waals surface area contributed by atoms with Gasteiger partial charge in [-0.05, 0) is 37.5 Å². The topological polar surface area (TPSA) is 35.6 Å². The SMILES string of the molecule is CCN(Cc1ccc(Cl)s1)C(=O)NC1CCN(Cc2ccccc2)CC1. The van der Waals surface area contributed by atoms with Crippen LogP contribution in [0.1, 0.15) is 30.2 Å². The molecule has 0 unspecified atom stereocenters. The smallest absolute Gasteiger partial charge is 0.317 e. The molecular weight excluding hydrogens is 366 g/mol. The predicted octanol–water partition coefficient (Wildman–Crippen LogP) is 4.60. The number of amides is 2. The van der Waals surface area contributed by atoms with Crippen molar-refractivity contribution in [2.75, 3.05) is 19.6 Å². The fraction of sp³-hybridized carbons (Fsp3) is 0.450. The maximum atomic E-state index is 12.6. The summed E-state index contributed by atoms with van der Waals surface area (Å²) in [5.74, 6) is 0. The molecule has 1 aliphatic rings. The molecule has 0 saturated carbocycles. The maximum absolute atomic E-state index is 12.6. The Hall–Kier alpha value is -1.56. The molecule has 0 spiro atoms. The summed E-state index contributed by atoms with van der Waals surface area (Å²) < 4.78 is 0.766. The second kappa shape index (κ2) is 9.40. The Kier molecular flexibility index (Phi) is 6.94. The molecule has 2 amide bonds. The average Bonchev–Trinajstić information content (AvgIpc) is 3.07. The van der Waals surface area contributed by atoms with E-state index in [1.165, 1.54) is 16.9 Å². The third-order valence-electron chi connectivity index (χ3n) is 4.81. The van der Waals surface area contributed by atoms with E-state index in [2.05, 4.69) is 40.5 Å².